The van der Waals surface area contributed by atoms with E-state index < -0.39 is 0 Å². The molecule has 20 heavy (non-hydrogen) atoms. The minimum atomic E-state index is -0.0659. The van der Waals surface area contributed by atoms with Crippen molar-refractivity contribution < 1.29 is 9.53 Å². The molecule has 0 saturated carbocycles. The zero-order valence-electron chi connectivity index (χ0n) is 11.5. The predicted octanol–water partition coefficient (Wildman–Crippen LogP) is 3.62. The van der Waals surface area contributed by atoms with Gasteiger partial charge in [0, 0.05) is 24.2 Å². The smallest absolute Gasteiger partial charge is 0.254 e. The van der Waals surface area contributed by atoms with Crippen LogP contribution in [0, 0.1) is 0 Å². The molecule has 0 radical (unpaired) electrons. The van der Waals surface area contributed by atoms with Crippen molar-refractivity contribution in [3.05, 3.63) is 64.7 Å². The molecular formula is C16H16ClNO2. The third-order valence-corrected chi connectivity index (χ3v) is 3.40. The van der Waals surface area contributed by atoms with E-state index >= 15 is 0 Å². The second kappa shape index (κ2) is 6.44. The maximum Gasteiger partial charge on any atom is 0.254 e. The number of amides is 1. The molecule has 0 fully saturated rings. The summed E-state index contributed by atoms with van der Waals surface area (Å²) in [4.78, 5) is 14.0. The number of halogens is 1. The minimum absolute atomic E-state index is 0.0659. The van der Waals surface area contributed by atoms with E-state index in [9.17, 15) is 4.79 Å². The van der Waals surface area contributed by atoms with Gasteiger partial charge in [0.1, 0.15) is 5.75 Å². The van der Waals surface area contributed by atoms with Gasteiger partial charge in [-0.05, 0) is 29.8 Å². The molecule has 0 saturated heterocycles. The maximum atomic E-state index is 12.4. The Bertz CT molecular complexity index is 613. The van der Waals surface area contributed by atoms with Crippen LogP contribution in [0.5, 0.6) is 5.75 Å². The Morgan fingerprint density at radius 2 is 1.95 bits per heavy atom. The molecule has 0 aliphatic heterocycles. The van der Waals surface area contributed by atoms with Gasteiger partial charge < -0.3 is 9.64 Å². The van der Waals surface area contributed by atoms with E-state index in [0.717, 1.165) is 5.56 Å². The number of hydrogen-bond acceptors (Lipinski definition) is 2. The average Bonchev–Trinajstić information content (AvgIpc) is 2.48. The van der Waals surface area contributed by atoms with Gasteiger partial charge in [0.2, 0.25) is 0 Å². The van der Waals surface area contributed by atoms with Crippen LogP contribution < -0.4 is 4.74 Å². The third-order valence-electron chi connectivity index (χ3n) is 3.03. The summed E-state index contributed by atoms with van der Waals surface area (Å²) in [6.07, 6.45) is 0. The summed E-state index contributed by atoms with van der Waals surface area (Å²) in [7, 11) is 3.34. The Kier molecular flexibility index (Phi) is 4.64. The Morgan fingerprint density at radius 3 is 2.65 bits per heavy atom. The number of carbonyl (C=O) groups excluding carboxylic acids is 1. The lowest BCUT2D eigenvalue weighted by Crippen LogP contribution is -2.26. The molecule has 0 aromatic heterocycles. The summed E-state index contributed by atoms with van der Waals surface area (Å²) in [6, 6.07) is 14.6. The van der Waals surface area contributed by atoms with Crippen LogP contribution in [0.1, 0.15) is 15.9 Å². The topological polar surface area (TPSA) is 29.5 Å². The van der Waals surface area contributed by atoms with Gasteiger partial charge in [-0.1, -0.05) is 35.9 Å². The number of hydrogen-bond donors (Lipinski definition) is 0. The van der Waals surface area contributed by atoms with Gasteiger partial charge in [0.15, 0.2) is 0 Å². The Balaban J connectivity index is 2.14. The highest BCUT2D eigenvalue weighted by atomic mass is 35.5. The van der Waals surface area contributed by atoms with E-state index in [-0.39, 0.29) is 5.91 Å². The van der Waals surface area contributed by atoms with E-state index in [1.165, 1.54) is 0 Å². The van der Waals surface area contributed by atoms with Gasteiger partial charge in [0.25, 0.3) is 5.91 Å². The lowest BCUT2D eigenvalue weighted by Gasteiger charge is -2.18. The summed E-state index contributed by atoms with van der Waals surface area (Å²) in [6.45, 7) is 0.468. The van der Waals surface area contributed by atoms with Crippen LogP contribution in [0.15, 0.2) is 48.5 Å². The van der Waals surface area contributed by atoms with E-state index in [0.29, 0.717) is 22.9 Å². The highest BCUT2D eigenvalue weighted by Crippen LogP contribution is 2.19. The first-order valence-corrected chi connectivity index (χ1v) is 6.62. The summed E-state index contributed by atoms with van der Waals surface area (Å²) in [5.41, 5.74) is 1.52. The molecular weight excluding hydrogens is 274 g/mol. The van der Waals surface area contributed by atoms with Gasteiger partial charge in [-0.25, -0.2) is 0 Å². The monoisotopic (exact) mass is 289 g/mol. The van der Waals surface area contributed by atoms with Crippen molar-refractivity contribution in [2.24, 2.45) is 0 Å². The van der Waals surface area contributed by atoms with E-state index in [1.54, 1.807) is 37.3 Å². The quantitative estimate of drug-likeness (QED) is 0.860. The first-order chi connectivity index (χ1) is 9.61. The number of nitrogens with zero attached hydrogens (tertiary/aromatic N) is 1. The maximum absolute atomic E-state index is 12.4. The molecule has 104 valence electrons. The number of carbonyl (C=O) groups is 1. The van der Waals surface area contributed by atoms with Crippen LogP contribution in [-0.4, -0.2) is 25.0 Å². The highest BCUT2D eigenvalue weighted by molar-refractivity contribution is 6.31. The lowest BCUT2D eigenvalue weighted by molar-refractivity contribution is 0.0785. The van der Waals surface area contributed by atoms with E-state index in [2.05, 4.69) is 0 Å². The fourth-order valence-corrected chi connectivity index (χ4v) is 2.13. The number of rotatable bonds is 4. The van der Waals surface area contributed by atoms with Crippen LogP contribution >= 0.6 is 11.6 Å². The predicted molar refractivity (Wildman–Crippen MR) is 80.2 cm³/mol. The van der Waals surface area contributed by atoms with Crippen molar-refractivity contribution in [2.45, 2.75) is 6.54 Å². The average molecular weight is 290 g/mol. The van der Waals surface area contributed by atoms with E-state index in [4.69, 9.17) is 16.3 Å². The molecule has 2 rings (SSSR count). The Labute approximate surface area is 123 Å². The fraction of sp³-hybridized carbons (Fsp3) is 0.188. The van der Waals surface area contributed by atoms with Gasteiger partial charge in [0.05, 0.1) is 7.11 Å². The van der Waals surface area contributed by atoms with Crippen molar-refractivity contribution in [3.63, 3.8) is 0 Å². The van der Waals surface area contributed by atoms with Gasteiger partial charge in [-0.15, -0.1) is 0 Å². The number of methoxy groups -OCH3 is 1. The molecule has 1 amide bonds. The Hall–Kier alpha value is -2.00. The summed E-state index contributed by atoms with van der Waals surface area (Å²) in [5.74, 6) is 0.603. The van der Waals surface area contributed by atoms with Crippen molar-refractivity contribution in [3.8, 4) is 5.75 Å². The van der Waals surface area contributed by atoms with Crippen molar-refractivity contribution in [1.82, 2.24) is 4.90 Å². The molecule has 0 spiro atoms. The molecule has 3 nitrogen and oxygen atoms in total. The molecule has 2 aromatic rings. The summed E-state index contributed by atoms with van der Waals surface area (Å²) >= 11 is 6.11. The molecule has 0 unspecified atom stereocenters. The first kappa shape index (κ1) is 14.4. The number of ether oxygens (including phenoxy) is 1. The van der Waals surface area contributed by atoms with Crippen LogP contribution in [0.2, 0.25) is 5.02 Å². The van der Waals surface area contributed by atoms with Crippen molar-refractivity contribution in [1.29, 1.82) is 0 Å². The highest BCUT2D eigenvalue weighted by Gasteiger charge is 2.13. The SMILES string of the molecule is COc1cccc(C(=O)N(C)Cc2ccccc2Cl)c1. The minimum Gasteiger partial charge on any atom is -0.497 e. The normalized spacial score (nSPS) is 10.2. The van der Waals surface area contributed by atoms with Crippen molar-refractivity contribution in [2.75, 3.05) is 14.2 Å². The van der Waals surface area contributed by atoms with Gasteiger partial charge in [-0.3, -0.25) is 4.79 Å². The van der Waals surface area contributed by atoms with Crippen molar-refractivity contribution >= 4 is 17.5 Å². The number of benzene rings is 2. The largest absolute Gasteiger partial charge is 0.497 e. The first-order valence-electron chi connectivity index (χ1n) is 6.24. The second-order valence-electron chi connectivity index (χ2n) is 4.48. The molecule has 0 bridgehead atoms. The van der Waals surface area contributed by atoms with Gasteiger partial charge in [-0.2, -0.15) is 0 Å². The molecule has 2 aromatic carbocycles. The van der Waals surface area contributed by atoms with Crippen LogP contribution in [0.3, 0.4) is 0 Å². The third kappa shape index (κ3) is 3.31. The van der Waals surface area contributed by atoms with Crippen LogP contribution in [0.25, 0.3) is 0 Å². The lowest BCUT2D eigenvalue weighted by atomic mass is 10.1. The Morgan fingerprint density at radius 1 is 1.20 bits per heavy atom. The zero-order chi connectivity index (χ0) is 14.5. The van der Waals surface area contributed by atoms with Crippen LogP contribution in [-0.2, 0) is 6.54 Å². The molecule has 0 heterocycles. The molecule has 0 aliphatic carbocycles. The fourth-order valence-electron chi connectivity index (χ4n) is 1.93. The summed E-state index contributed by atoms with van der Waals surface area (Å²) in [5, 5.41) is 0.665. The van der Waals surface area contributed by atoms with Crippen LogP contribution in [0.4, 0.5) is 0 Å². The molecule has 0 atom stereocenters. The van der Waals surface area contributed by atoms with E-state index in [1.807, 2.05) is 30.3 Å². The molecule has 4 heteroatoms. The van der Waals surface area contributed by atoms with Gasteiger partial charge >= 0.3 is 0 Å². The second-order valence-corrected chi connectivity index (χ2v) is 4.89. The molecule has 0 N–H and O–H groups in total. The molecule has 0 aliphatic rings. The zero-order valence-corrected chi connectivity index (χ0v) is 12.2. The summed E-state index contributed by atoms with van der Waals surface area (Å²) < 4.78 is 5.13. The standard InChI is InChI=1S/C16H16ClNO2/c1-18(11-13-6-3-4-9-15(13)17)16(19)12-7-5-8-14(10-12)20-2/h3-10H,11H2,1-2H3.